The second-order valence-corrected chi connectivity index (χ2v) is 14.4. The smallest absolute Gasteiger partial charge is 0.457 e. The summed E-state index contributed by atoms with van der Waals surface area (Å²) in [5.74, 6) is -1.88. The zero-order valence-corrected chi connectivity index (χ0v) is 29.4. The molecule has 49 heavy (non-hydrogen) atoms. The van der Waals surface area contributed by atoms with Crippen LogP contribution in [0.4, 0.5) is 14.7 Å². The lowest BCUT2D eigenvalue weighted by Gasteiger charge is -2.49. The van der Waals surface area contributed by atoms with Gasteiger partial charge in [0.2, 0.25) is 12.5 Å². The monoisotopic (exact) mass is 715 g/mol. The third-order valence-electron chi connectivity index (χ3n) is 6.19. The maximum absolute atomic E-state index is 13.6. The van der Waals surface area contributed by atoms with Gasteiger partial charge >= 0.3 is 18.2 Å². The first-order chi connectivity index (χ1) is 23.0. The Labute approximate surface area is 291 Å². The Morgan fingerprint density at radius 2 is 1.78 bits per heavy atom. The summed E-state index contributed by atoms with van der Waals surface area (Å²) < 4.78 is 21.1. The predicted octanol–water partition coefficient (Wildman–Crippen LogP) is 4.70. The number of rotatable bonds is 11. The van der Waals surface area contributed by atoms with E-state index >= 15 is 0 Å². The number of aromatic nitrogens is 1. The average Bonchev–Trinajstić information content (AvgIpc) is 3.46. The summed E-state index contributed by atoms with van der Waals surface area (Å²) in [5, 5.41) is 9.84. The molecule has 4 rings (SSSR count). The number of fused-ring (bicyclic) bond motifs is 1. The Balaban J connectivity index is 1.48. The number of benzene rings is 1. The van der Waals surface area contributed by atoms with Crippen molar-refractivity contribution in [1.29, 1.82) is 0 Å². The first-order valence-electron chi connectivity index (χ1n) is 14.9. The summed E-state index contributed by atoms with van der Waals surface area (Å²) >= 11 is 2.29. The molecule has 2 N–H and O–H groups in total. The van der Waals surface area contributed by atoms with Crippen LogP contribution in [0.1, 0.15) is 52.8 Å². The molecule has 2 aromatic rings. The van der Waals surface area contributed by atoms with Crippen LogP contribution in [0, 0.1) is 0 Å². The lowest BCUT2D eigenvalue weighted by Crippen LogP contribution is -2.70. The number of hydrogen-bond acceptors (Lipinski definition) is 14. The number of allylic oxidation sites excluding steroid dienone is 1. The van der Waals surface area contributed by atoms with E-state index in [0.29, 0.717) is 11.3 Å². The van der Waals surface area contributed by atoms with Crippen molar-refractivity contribution in [3.8, 4) is 0 Å². The van der Waals surface area contributed by atoms with Gasteiger partial charge in [-0.3, -0.25) is 19.8 Å². The normalized spacial score (nSPS) is 17.6. The van der Waals surface area contributed by atoms with Crippen LogP contribution in [0.15, 0.2) is 65.0 Å². The number of β-lactam (4-membered cyclic amide) rings is 1. The molecule has 1 fully saturated rings. The van der Waals surface area contributed by atoms with Gasteiger partial charge in [0.05, 0.1) is 0 Å². The molecular weight excluding hydrogens is 679 g/mol. The van der Waals surface area contributed by atoms with E-state index in [2.05, 4.69) is 27.4 Å². The predicted molar refractivity (Wildman–Crippen MR) is 180 cm³/mol. The number of ether oxygens (including phenoxy) is 4. The van der Waals surface area contributed by atoms with Gasteiger partial charge in [0.25, 0.3) is 11.8 Å². The van der Waals surface area contributed by atoms with Crippen molar-refractivity contribution in [2.45, 2.75) is 70.8 Å². The zero-order valence-electron chi connectivity index (χ0n) is 27.8. The van der Waals surface area contributed by atoms with Crippen LogP contribution < -0.4 is 10.6 Å². The molecule has 262 valence electrons. The molecule has 0 aliphatic carbocycles. The second kappa shape index (κ2) is 15.5. The van der Waals surface area contributed by atoms with Gasteiger partial charge in [0.1, 0.15) is 34.9 Å². The minimum Gasteiger partial charge on any atom is -0.457 e. The molecule has 0 saturated carbocycles. The summed E-state index contributed by atoms with van der Waals surface area (Å²) in [6, 6.07) is 8.01. The maximum Gasteiger partial charge on any atom is 0.515 e. The van der Waals surface area contributed by atoms with Gasteiger partial charge in [-0.1, -0.05) is 48.1 Å². The summed E-state index contributed by atoms with van der Waals surface area (Å²) in [6.45, 7) is 13.2. The molecule has 0 radical (unpaired) electrons. The van der Waals surface area contributed by atoms with Crippen molar-refractivity contribution < 1.29 is 47.8 Å². The van der Waals surface area contributed by atoms with E-state index in [1.54, 1.807) is 53.7 Å². The summed E-state index contributed by atoms with van der Waals surface area (Å²) in [7, 11) is 0. The number of carbonyl (C=O) groups excluding carboxylic acids is 5. The lowest BCUT2D eigenvalue weighted by molar-refractivity contribution is -0.160. The van der Waals surface area contributed by atoms with Gasteiger partial charge in [-0.15, -0.1) is 23.1 Å². The summed E-state index contributed by atoms with van der Waals surface area (Å²) in [6.07, 6.45) is -0.304. The third-order valence-corrected chi connectivity index (χ3v) is 8.25. The molecular formula is C32H37N5O10S2. The molecule has 0 spiro atoms. The lowest BCUT2D eigenvalue weighted by atomic mass is 10.1. The highest BCUT2D eigenvalue weighted by Gasteiger charge is 2.54. The number of amides is 3. The zero-order chi connectivity index (χ0) is 35.9. The second-order valence-electron chi connectivity index (χ2n) is 12.5. The van der Waals surface area contributed by atoms with Crippen LogP contribution in [0.25, 0.3) is 0 Å². The Hall–Kier alpha value is -4.90. The van der Waals surface area contributed by atoms with Crippen molar-refractivity contribution in [3.63, 3.8) is 0 Å². The van der Waals surface area contributed by atoms with Gasteiger partial charge in [-0.2, -0.15) is 0 Å². The molecule has 1 aromatic heterocycles. The number of oxime groups is 1. The number of nitrogens with zero attached hydrogens (tertiary/aromatic N) is 3. The molecule has 2 atom stereocenters. The molecule has 0 bridgehead atoms. The van der Waals surface area contributed by atoms with Crippen molar-refractivity contribution >= 4 is 64.0 Å². The van der Waals surface area contributed by atoms with E-state index < -0.39 is 59.3 Å². The van der Waals surface area contributed by atoms with Crippen LogP contribution in [-0.2, 0) is 44.8 Å². The number of thiazole rings is 1. The highest BCUT2D eigenvalue weighted by atomic mass is 32.2. The topological polar surface area (TPSA) is 184 Å². The fourth-order valence-electron chi connectivity index (χ4n) is 4.21. The summed E-state index contributed by atoms with van der Waals surface area (Å²) in [5.41, 5.74) is -0.745. The molecule has 1 saturated heterocycles. The van der Waals surface area contributed by atoms with E-state index in [9.17, 15) is 24.0 Å². The largest absolute Gasteiger partial charge is 0.515 e. The number of nitrogens with one attached hydrogen (secondary N) is 2. The number of carbonyl (C=O) groups is 5. The van der Waals surface area contributed by atoms with E-state index in [-0.39, 0.29) is 29.0 Å². The van der Waals surface area contributed by atoms with Crippen molar-refractivity contribution in [1.82, 2.24) is 15.2 Å². The Morgan fingerprint density at radius 1 is 1.08 bits per heavy atom. The van der Waals surface area contributed by atoms with Gasteiger partial charge in [0.15, 0.2) is 10.8 Å². The van der Waals surface area contributed by atoms with E-state index in [0.717, 1.165) is 16.9 Å². The van der Waals surface area contributed by atoms with Gasteiger partial charge in [0, 0.05) is 16.7 Å². The number of thioether (sulfide) groups is 1. The maximum atomic E-state index is 13.6. The molecule has 2 aliphatic heterocycles. The van der Waals surface area contributed by atoms with Crippen LogP contribution in [0.5, 0.6) is 0 Å². The van der Waals surface area contributed by atoms with Gasteiger partial charge < -0.3 is 29.1 Å². The molecule has 2 aliphatic rings. The first kappa shape index (κ1) is 36.9. The first-order valence-corrected chi connectivity index (χ1v) is 16.8. The molecule has 1 aromatic carbocycles. The Kier molecular flexibility index (Phi) is 11.7. The van der Waals surface area contributed by atoms with E-state index in [4.69, 9.17) is 23.8 Å². The Morgan fingerprint density at radius 3 is 2.43 bits per heavy atom. The van der Waals surface area contributed by atoms with Crippen molar-refractivity contribution in [2.24, 2.45) is 5.16 Å². The minimum atomic E-state index is -1.05. The standard InChI is InChI=1S/C32H37N5O10S2/c1-8-19-16-48-27-23(25(40)37(27)26(19)45-30(42)47-32(5,6)7)34-24(39)22(36-44-15-21(38)46-31(2,3)4)20-17-49-28(33-20)35-29(41)43-14-18-12-10-9-11-13-18/h8-13,17,23,27H,1,14-16H2,2-7H3,(H,34,39)(H,33,35,41)/b36-22-/t23-,27+/m1/s1. The van der Waals surface area contributed by atoms with Gasteiger partial charge in [-0.25, -0.2) is 19.4 Å². The fraction of sp³-hybridized carbons (Fsp3) is 0.406. The van der Waals surface area contributed by atoms with Crippen LogP contribution in [0.3, 0.4) is 0 Å². The number of anilines is 1. The number of esters is 1. The van der Waals surface area contributed by atoms with Gasteiger partial charge in [-0.05, 0) is 47.1 Å². The molecule has 17 heteroatoms. The molecule has 0 unspecified atom stereocenters. The van der Waals surface area contributed by atoms with Crippen LogP contribution in [0.2, 0.25) is 0 Å². The van der Waals surface area contributed by atoms with E-state index in [1.807, 2.05) is 18.2 Å². The molecule has 3 amide bonds. The van der Waals surface area contributed by atoms with Crippen LogP contribution >= 0.6 is 23.1 Å². The molecule has 15 nitrogen and oxygen atoms in total. The minimum absolute atomic E-state index is 0.0206. The quantitative estimate of drug-likeness (QED) is 0.108. The summed E-state index contributed by atoms with van der Waals surface area (Å²) in [4.78, 5) is 74.6. The fourth-order valence-corrected chi connectivity index (χ4v) is 6.21. The molecule has 3 heterocycles. The highest BCUT2D eigenvalue weighted by Crippen LogP contribution is 2.41. The third kappa shape index (κ3) is 10.3. The van der Waals surface area contributed by atoms with Crippen molar-refractivity contribution in [3.05, 3.63) is 71.1 Å². The van der Waals surface area contributed by atoms with Crippen LogP contribution in [-0.4, -0.2) is 80.6 Å². The Bertz CT molecular complexity index is 1660. The van der Waals surface area contributed by atoms with Crippen molar-refractivity contribution in [2.75, 3.05) is 17.7 Å². The van der Waals surface area contributed by atoms with E-state index in [1.165, 1.54) is 28.1 Å². The number of hydrogen-bond donors (Lipinski definition) is 2. The highest BCUT2D eigenvalue weighted by molar-refractivity contribution is 8.00. The average molecular weight is 716 g/mol. The SMILES string of the molecule is C=CC1=C(OC(=O)OC(C)(C)C)N2C(=O)[C@@H](NC(=O)/C(=N\OCC(=O)OC(C)(C)C)c3csc(NC(=O)OCc4ccccc4)n3)[C@@H]2SC1.